The third-order valence-corrected chi connectivity index (χ3v) is 6.28. The lowest BCUT2D eigenvalue weighted by molar-refractivity contribution is -0.140. The van der Waals surface area contributed by atoms with E-state index in [0.717, 1.165) is 11.3 Å². The Morgan fingerprint density at radius 1 is 0.931 bits per heavy atom. The van der Waals surface area contributed by atoms with Crippen LogP contribution in [0, 0.1) is 11.8 Å². The number of anilines is 1. The Bertz CT molecular complexity index is 1030. The van der Waals surface area contributed by atoms with Crippen molar-refractivity contribution in [1.82, 2.24) is 4.90 Å². The normalized spacial score (nSPS) is 27.1. The average molecular weight is 386 g/mol. The number of imide groups is 1. The van der Waals surface area contributed by atoms with Gasteiger partial charge in [0.1, 0.15) is 6.04 Å². The first kappa shape index (κ1) is 17.9. The molecule has 0 aromatic heterocycles. The molecule has 0 bridgehead atoms. The third-order valence-electron chi connectivity index (χ3n) is 6.28. The Morgan fingerprint density at radius 3 is 2.38 bits per heavy atom. The maximum Gasteiger partial charge on any atom is 0.235 e. The SMILES string of the molecule is CCCN1C(=O)[C@@H]2[C@H](C1=O)[C@@H](C(=O)c1ccccc1)N1c3ccccc3C=C[C@H]21. The van der Waals surface area contributed by atoms with Crippen LogP contribution in [0.3, 0.4) is 0 Å². The van der Waals surface area contributed by atoms with Crippen LogP contribution in [0.2, 0.25) is 0 Å². The highest BCUT2D eigenvalue weighted by atomic mass is 16.2. The molecule has 2 aromatic carbocycles. The lowest BCUT2D eigenvalue weighted by Crippen LogP contribution is -2.48. The van der Waals surface area contributed by atoms with Crippen LogP contribution in [0.1, 0.15) is 29.3 Å². The Hall–Kier alpha value is -3.21. The van der Waals surface area contributed by atoms with Gasteiger partial charge in [0.2, 0.25) is 11.8 Å². The molecule has 0 radical (unpaired) electrons. The highest BCUT2D eigenvalue weighted by Gasteiger charge is 2.63. The van der Waals surface area contributed by atoms with Gasteiger partial charge in [-0.2, -0.15) is 0 Å². The zero-order valence-electron chi connectivity index (χ0n) is 16.2. The van der Waals surface area contributed by atoms with Gasteiger partial charge in [0.25, 0.3) is 0 Å². The summed E-state index contributed by atoms with van der Waals surface area (Å²) >= 11 is 0. The largest absolute Gasteiger partial charge is 0.352 e. The number of hydrogen-bond donors (Lipinski definition) is 0. The molecule has 5 heteroatoms. The number of carbonyl (C=O) groups is 3. The van der Waals surface area contributed by atoms with Crippen molar-refractivity contribution in [3.05, 3.63) is 71.8 Å². The van der Waals surface area contributed by atoms with E-state index in [-0.39, 0.29) is 23.6 Å². The molecule has 2 aromatic rings. The molecular weight excluding hydrogens is 364 g/mol. The second-order valence-corrected chi connectivity index (χ2v) is 7.87. The summed E-state index contributed by atoms with van der Waals surface area (Å²) in [5, 5.41) is 0. The fourth-order valence-electron chi connectivity index (χ4n) is 5.09. The molecule has 3 aliphatic heterocycles. The molecule has 146 valence electrons. The summed E-state index contributed by atoms with van der Waals surface area (Å²) in [7, 11) is 0. The van der Waals surface area contributed by atoms with Gasteiger partial charge in [-0.25, -0.2) is 0 Å². The summed E-state index contributed by atoms with van der Waals surface area (Å²) in [6.07, 6.45) is 4.70. The number of fused-ring (bicyclic) bond motifs is 5. The first-order chi connectivity index (χ1) is 14.1. The summed E-state index contributed by atoms with van der Waals surface area (Å²) in [6.45, 7) is 2.36. The van der Waals surface area contributed by atoms with E-state index >= 15 is 0 Å². The van der Waals surface area contributed by atoms with E-state index in [2.05, 4.69) is 0 Å². The van der Waals surface area contributed by atoms with E-state index in [1.807, 2.05) is 66.4 Å². The summed E-state index contributed by atoms with van der Waals surface area (Å²) < 4.78 is 0. The molecule has 0 saturated carbocycles. The second kappa shape index (κ2) is 6.69. The molecule has 2 saturated heterocycles. The summed E-state index contributed by atoms with van der Waals surface area (Å²) in [4.78, 5) is 43.5. The van der Waals surface area contributed by atoms with Gasteiger partial charge in [-0.3, -0.25) is 19.3 Å². The molecule has 0 aliphatic carbocycles. The first-order valence-corrected chi connectivity index (χ1v) is 10.1. The molecule has 5 nitrogen and oxygen atoms in total. The predicted molar refractivity (Wildman–Crippen MR) is 110 cm³/mol. The standard InChI is InChI=1S/C24H22N2O3/c1-2-14-25-23(28)19-18-13-12-15-8-6-7-11-17(15)26(18)21(20(19)24(25)29)22(27)16-9-4-3-5-10-16/h3-13,18-21H,2,14H2,1H3/t18-,19+,20+,21+/m1/s1. The molecular formula is C24H22N2O3. The number of ketones is 1. The zero-order chi connectivity index (χ0) is 20.1. The van der Waals surface area contributed by atoms with Gasteiger partial charge in [0.05, 0.1) is 17.9 Å². The number of hydrogen-bond acceptors (Lipinski definition) is 4. The van der Waals surface area contributed by atoms with E-state index in [9.17, 15) is 14.4 Å². The monoisotopic (exact) mass is 386 g/mol. The van der Waals surface area contributed by atoms with Crippen LogP contribution in [0.25, 0.3) is 6.08 Å². The average Bonchev–Trinajstić information content (AvgIpc) is 3.23. The van der Waals surface area contributed by atoms with E-state index in [1.54, 1.807) is 12.1 Å². The Kier molecular flexibility index (Phi) is 4.12. The van der Waals surface area contributed by atoms with Gasteiger partial charge in [0.15, 0.2) is 5.78 Å². The number of nitrogens with zero attached hydrogens (tertiary/aromatic N) is 2. The molecule has 3 heterocycles. The van der Waals surface area contributed by atoms with Crippen LogP contribution in [0.15, 0.2) is 60.7 Å². The van der Waals surface area contributed by atoms with Gasteiger partial charge >= 0.3 is 0 Å². The third kappa shape index (κ3) is 2.50. The minimum Gasteiger partial charge on any atom is -0.352 e. The lowest BCUT2D eigenvalue weighted by Gasteiger charge is -2.36. The number of amides is 2. The van der Waals surface area contributed by atoms with Crippen molar-refractivity contribution >= 4 is 29.4 Å². The van der Waals surface area contributed by atoms with E-state index < -0.39 is 17.9 Å². The van der Waals surface area contributed by atoms with E-state index in [4.69, 9.17) is 0 Å². The number of Topliss-reactive ketones (excluding diaryl/α,β-unsaturated/α-hetero) is 1. The van der Waals surface area contributed by atoms with Crippen molar-refractivity contribution in [3.63, 3.8) is 0 Å². The highest BCUT2D eigenvalue weighted by molar-refractivity contribution is 6.14. The number of likely N-dealkylation sites (tertiary alicyclic amines) is 1. The molecule has 0 N–H and O–H groups in total. The summed E-state index contributed by atoms with van der Waals surface area (Å²) in [5.74, 6) is -1.63. The van der Waals surface area contributed by atoms with Crippen molar-refractivity contribution in [3.8, 4) is 0 Å². The maximum absolute atomic E-state index is 13.6. The smallest absolute Gasteiger partial charge is 0.235 e. The molecule has 2 amide bonds. The van der Waals surface area contributed by atoms with Crippen molar-refractivity contribution in [1.29, 1.82) is 0 Å². The molecule has 5 rings (SSSR count). The summed E-state index contributed by atoms with van der Waals surface area (Å²) in [5.41, 5.74) is 2.48. The Balaban J connectivity index is 1.66. The number of para-hydroxylation sites is 1. The van der Waals surface area contributed by atoms with Crippen LogP contribution in [-0.2, 0) is 9.59 Å². The van der Waals surface area contributed by atoms with Crippen molar-refractivity contribution < 1.29 is 14.4 Å². The number of carbonyl (C=O) groups excluding carboxylic acids is 3. The van der Waals surface area contributed by atoms with Crippen LogP contribution >= 0.6 is 0 Å². The minimum atomic E-state index is -0.684. The summed E-state index contributed by atoms with van der Waals surface area (Å²) in [6, 6.07) is 15.9. The first-order valence-electron chi connectivity index (χ1n) is 10.1. The van der Waals surface area contributed by atoms with E-state index in [1.165, 1.54) is 4.90 Å². The van der Waals surface area contributed by atoms with E-state index in [0.29, 0.717) is 18.5 Å². The van der Waals surface area contributed by atoms with Gasteiger partial charge in [-0.1, -0.05) is 67.6 Å². The van der Waals surface area contributed by atoms with Crippen molar-refractivity contribution in [2.75, 3.05) is 11.4 Å². The highest BCUT2D eigenvalue weighted by Crippen LogP contribution is 2.48. The lowest BCUT2D eigenvalue weighted by atomic mass is 9.86. The van der Waals surface area contributed by atoms with Crippen molar-refractivity contribution in [2.24, 2.45) is 11.8 Å². The number of benzene rings is 2. The van der Waals surface area contributed by atoms with Crippen LogP contribution in [-0.4, -0.2) is 41.1 Å². The quantitative estimate of drug-likeness (QED) is 0.598. The van der Waals surface area contributed by atoms with Gasteiger partial charge in [-0.15, -0.1) is 0 Å². The Morgan fingerprint density at radius 2 is 1.62 bits per heavy atom. The fourth-order valence-corrected chi connectivity index (χ4v) is 5.09. The molecule has 0 spiro atoms. The van der Waals surface area contributed by atoms with Crippen molar-refractivity contribution in [2.45, 2.75) is 25.4 Å². The maximum atomic E-state index is 13.6. The van der Waals surface area contributed by atoms with Gasteiger partial charge in [-0.05, 0) is 18.1 Å². The van der Waals surface area contributed by atoms with Crippen LogP contribution in [0.5, 0.6) is 0 Å². The van der Waals surface area contributed by atoms with Gasteiger partial charge in [0, 0.05) is 17.8 Å². The van der Waals surface area contributed by atoms with Gasteiger partial charge < -0.3 is 4.90 Å². The minimum absolute atomic E-state index is 0.104. The second-order valence-electron chi connectivity index (χ2n) is 7.87. The molecule has 3 aliphatic rings. The molecule has 2 fully saturated rings. The zero-order valence-corrected chi connectivity index (χ0v) is 16.2. The van der Waals surface area contributed by atoms with Crippen LogP contribution < -0.4 is 4.90 Å². The topological polar surface area (TPSA) is 57.7 Å². The Labute approximate surface area is 169 Å². The molecule has 0 unspecified atom stereocenters. The van der Waals surface area contributed by atoms with Crippen LogP contribution in [0.4, 0.5) is 5.69 Å². The molecule has 29 heavy (non-hydrogen) atoms. The predicted octanol–water partition coefficient (Wildman–Crippen LogP) is 3.16. The molecule has 4 atom stereocenters. The number of rotatable bonds is 4. The fraction of sp³-hybridized carbons (Fsp3) is 0.292.